The van der Waals surface area contributed by atoms with E-state index in [0.717, 1.165) is 6.07 Å². The van der Waals surface area contributed by atoms with Crippen molar-refractivity contribution in [1.82, 2.24) is 0 Å². The van der Waals surface area contributed by atoms with Crippen LogP contribution in [0.25, 0.3) is 0 Å². The zero-order chi connectivity index (χ0) is 14.1. The Balaban J connectivity index is 3.29. The molecule has 0 aliphatic rings. The second kappa shape index (κ2) is 4.85. The molecule has 0 heterocycles. The SMILES string of the molecule is Cc1cc(O)cc(C(F)(F)F)c1C[C@H](N)C(=O)O. The molecule has 4 N–H and O–H groups in total. The van der Waals surface area contributed by atoms with Crippen LogP contribution in [0, 0.1) is 6.92 Å². The molecule has 0 bridgehead atoms. The van der Waals surface area contributed by atoms with Gasteiger partial charge in [-0.3, -0.25) is 4.79 Å². The first-order valence-corrected chi connectivity index (χ1v) is 5.01. The number of rotatable bonds is 3. The molecule has 1 atom stereocenters. The van der Waals surface area contributed by atoms with Crippen molar-refractivity contribution >= 4 is 5.97 Å². The van der Waals surface area contributed by atoms with Crippen LogP contribution in [-0.2, 0) is 17.4 Å². The third-order valence-corrected chi connectivity index (χ3v) is 2.50. The molecule has 18 heavy (non-hydrogen) atoms. The molecule has 0 aliphatic heterocycles. The van der Waals surface area contributed by atoms with Gasteiger partial charge in [-0.2, -0.15) is 13.2 Å². The Bertz CT molecular complexity index is 471. The summed E-state index contributed by atoms with van der Waals surface area (Å²) in [5.41, 5.74) is 4.12. The number of aryl methyl sites for hydroxylation is 1. The van der Waals surface area contributed by atoms with E-state index in [4.69, 9.17) is 10.8 Å². The van der Waals surface area contributed by atoms with Crippen molar-refractivity contribution < 1.29 is 28.2 Å². The topological polar surface area (TPSA) is 83.5 Å². The molecule has 100 valence electrons. The van der Waals surface area contributed by atoms with Gasteiger partial charge in [0.25, 0.3) is 0 Å². The molecule has 0 fully saturated rings. The predicted octanol–water partition coefficient (Wildman–Crippen LogP) is 1.67. The fourth-order valence-electron chi connectivity index (χ4n) is 1.63. The highest BCUT2D eigenvalue weighted by Gasteiger charge is 2.35. The van der Waals surface area contributed by atoms with Crippen molar-refractivity contribution in [2.24, 2.45) is 5.73 Å². The smallest absolute Gasteiger partial charge is 0.416 e. The predicted molar refractivity (Wildman–Crippen MR) is 57.2 cm³/mol. The first-order chi connectivity index (χ1) is 8.12. The van der Waals surface area contributed by atoms with Crippen LogP contribution in [0.15, 0.2) is 12.1 Å². The number of nitrogens with two attached hydrogens (primary N) is 1. The minimum atomic E-state index is -4.67. The number of benzene rings is 1. The van der Waals surface area contributed by atoms with Gasteiger partial charge in [-0.05, 0) is 36.6 Å². The molecular formula is C11H12F3NO3. The Kier molecular flexibility index (Phi) is 3.85. The minimum Gasteiger partial charge on any atom is -0.508 e. The normalized spacial score (nSPS) is 13.4. The van der Waals surface area contributed by atoms with Crippen molar-refractivity contribution in [3.63, 3.8) is 0 Å². The van der Waals surface area contributed by atoms with Gasteiger partial charge in [0.2, 0.25) is 0 Å². The average Bonchev–Trinajstić information content (AvgIpc) is 2.19. The Labute approximate surface area is 101 Å². The minimum absolute atomic E-state index is 0.152. The summed E-state index contributed by atoms with van der Waals surface area (Å²) >= 11 is 0. The number of hydrogen-bond acceptors (Lipinski definition) is 3. The van der Waals surface area contributed by atoms with Crippen LogP contribution >= 0.6 is 0 Å². The number of halogens is 3. The number of carboxylic acids is 1. The number of aliphatic carboxylic acids is 1. The Hall–Kier alpha value is -1.76. The molecular weight excluding hydrogens is 251 g/mol. The number of hydrogen-bond donors (Lipinski definition) is 3. The van der Waals surface area contributed by atoms with Crippen LogP contribution in [0.2, 0.25) is 0 Å². The molecule has 0 aromatic heterocycles. The van der Waals surface area contributed by atoms with Crippen LogP contribution in [0.1, 0.15) is 16.7 Å². The van der Waals surface area contributed by atoms with E-state index in [2.05, 4.69) is 0 Å². The lowest BCUT2D eigenvalue weighted by atomic mass is 9.95. The van der Waals surface area contributed by atoms with Gasteiger partial charge in [0, 0.05) is 0 Å². The fourth-order valence-corrected chi connectivity index (χ4v) is 1.63. The lowest BCUT2D eigenvalue weighted by Crippen LogP contribution is -2.33. The Morgan fingerprint density at radius 2 is 2.00 bits per heavy atom. The summed E-state index contributed by atoms with van der Waals surface area (Å²) in [6, 6.07) is 0.283. The first kappa shape index (κ1) is 14.3. The number of alkyl halides is 3. The van der Waals surface area contributed by atoms with Gasteiger partial charge in [0.15, 0.2) is 0 Å². The molecule has 0 saturated carbocycles. The van der Waals surface area contributed by atoms with E-state index in [1.54, 1.807) is 0 Å². The first-order valence-electron chi connectivity index (χ1n) is 5.01. The summed E-state index contributed by atoms with van der Waals surface area (Å²) < 4.78 is 38.3. The van der Waals surface area contributed by atoms with Crippen molar-refractivity contribution in [1.29, 1.82) is 0 Å². The van der Waals surface area contributed by atoms with Gasteiger partial charge in [-0.25, -0.2) is 0 Å². The molecule has 0 spiro atoms. The molecule has 0 radical (unpaired) electrons. The quantitative estimate of drug-likeness (QED) is 0.774. The second-order valence-electron chi connectivity index (χ2n) is 3.94. The standard InChI is InChI=1S/C11H12F3NO3/c1-5-2-6(16)3-8(11(12,13)14)7(5)4-9(15)10(17)18/h2-3,9,16H,4,15H2,1H3,(H,17,18)/t9-/m0/s1. The third kappa shape index (κ3) is 3.13. The van der Waals surface area contributed by atoms with Gasteiger partial charge in [0.05, 0.1) is 5.56 Å². The summed E-state index contributed by atoms with van der Waals surface area (Å²) in [5, 5.41) is 17.8. The van der Waals surface area contributed by atoms with E-state index >= 15 is 0 Å². The molecule has 1 aromatic rings. The van der Waals surface area contributed by atoms with E-state index in [0.29, 0.717) is 6.07 Å². The maximum atomic E-state index is 12.8. The van der Waals surface area contributed by atoms with E-state index in [-0.39, 0.29) is 11.1 Å². The molecule has 1 rings (SSSR count). The summed E-state index contributed by atoms with van der Waals surface area (Å²) in [5.74, 6) is -1.90. The van der Waals surface area contributed by atoms with E-state index in [9.17, 15) is 23.1 Å². The fraction of sp³-hybridized carbons (Fsp3) is 0.364. The summed E-state index contributed by atoms with van der Waals surface area (Å²) in [7, 11) is 0. The lowest BCUT2D eigenvalue weighted by Gasteiger charge is -2.17. The molecule has 4 nitrogen and oxygen atoms in total. The van der Waals surface area contributed by atoms with Crippen LogP contribution in [0.3, 0.4) is 0 Å². The van der Waals surface area contributed by atoms with Crippen LogP contribution in [-0.4, -0.2) is 22.2 Å². The van der Waals surface area contributed by atoms with Crippen LogP contribution < -0.4 is 5.73 Å². The van der Waals surface area contributed by atoms with Crippen LogP contribution in [0.5, 0.6) is 5.75 Å². The number of carboxylic acid groups (broad SMARTS) is 1. The average molecular weight is 263 g/mol. The number of aromatic hydroxyl groups is 1. The highest BCUT2D eigenvalue weighted by Crippen LogP contribution is 2.36. The lowest BCUT2D eigenvalue weighted by molar-refractivity contribution is -0.141. The zero-order valence-corrected chi connectivity index (χ0v) is 9.45. The number of phenolic OH excluding ortho intramolecular Hbond substituents is 1. The maximum Gasteiger partial charge on any atom is 0.416 e. The highest BCUT2D eigenvalue weighted by molar-refractivity contribution is 5.73. The van der Waals surface area contributed by atoms with Crippen LogP contribution in [0.4, 0.5) is 13.2 Å². The summed E-state index contributed by atoms with van der Waals surface area (Å²) in [6.45, 7) is 1.36. The van der Waals surface area contributed by atoms with Crippen molar-refractivity contribution in [3.8, 4) is 5.75 Å². The van der Waals surface area contributed by atoms with E-state index in [1.165, 1.54) is 6.92 Å². The van der Waals surface area contributed by atoms with E-state index in [1.807, 2.05) is 0 Å². The van der Waals surface area contributed by atoms with E-state index < -0.39 is 35.9 Å². The largest absolute Gasteiger partial charge is 0.508 e. The van der Waals surface area contributed by atoms with Crippen molar-refractivity contribution in [3.05, 3.63) is 28.8 Å². The number of carbonyl (C=O) groups is 1. The zero-order valence-electron chi connectivity index (χ0n) is 9.45. The summed E-state index contributed by atoms with van der Waals surface area (Å²) in [4.78, 5) is 10.6. The van der Waals surface area contributed by atoms with Gasteiger partial charge < -0.3 is 15.9 Å². The molecule has 0 amide bonds. The van der Waals surface area contributed by atoms with Crippen molar-refractivity contribution in [2.75, 3.05) is 0 Å². The van der Waals surface area contributed by atoms with Gasteiger partial charge in [0.1, 0.15) is 11.8 Å². The molecule has 0 saturated heterocycles. The van der Waals surface area contributed by atoms with Crippen molar-refractivity contribution in [2.45, 2.75) is 25.6 Å². The monoisotopic (exact) mass is 263 g/mol. The molecule has 1 aromatic carbocycles. The Morgan fingerprint density at radius 1 is 1.44 bits per heavy atom. The van der Waals surface area contributed by atoms with Gasteiger partial charge >= 0.3 is 12.1 Å². The van der Waals surface area contributed by atoms with Gasteiger partial charge in [-0.1, -0.05) is 0 Å². The molecule has 0 aliphatic carbocycles. The highest BCUT2D eigenvalue weighted by atomic mass is 19.4. The maximum absolute atomic E-state index is 12.8. The molecule has 7 heteroatoms. The summed E-state index contributed by atoms with van der Waals surface area (Å²) in [6.07, 6.45) is -5.12. The Morgan fingerprint density at radius 3 is 2.44 bits per heavy atom. The third-order valence-electron chi connectivity index (χ3n) is 2.50. The number of phenols is 1. The second-order valence-corrected chi connectivity index (χ2v) is 3.94. The molecule has 0 unspecified atom stereocenters. The van der Waals surface area contributed by atoms with Gasteiger partial charge in [-0.15, -0.1) is 0 Å².